The molecule has 0 aliphatic rings. The lowest BCUT2D eigenvalue weighted by Crippen LogP contribution is -2.33. The topological polar surface area (TPSA) is 68.8 Å². The van der Waals surface area contributed by atoms with Gasteiger partial charge in [-0.2, -0.15) is 0 Å². The molecule has 4 heteroatoms. The highest BCUT2D eigenvalue weighted by Crippen LogP contribution is 2.26. The van der Waals surface area contributed by atoms with E-state index in [-0.39, 0.29) is 0 Å². The highest BCUT2D eigenvalue weighted by atomic mass is 15.0. The number of hydrogen-bond acceptors (Lipinski definition) is 3. The van der Waals surface area contributed by atoms with Crippen molar-refractivity contribution in [3.05, 3.63) is 65.7 Å². The van der Waals surface area contributed by atoms with E-state index < -0.39 is 0 Å². The SMILES string of the molecule is CCc1cc2nc3cc(CC)c(N)cc3[n+](-c3ccccc3)c2cc1N. The quantitative estimate of drug-likeness (QED) is 0.336. The molecule has 0 fully saturated rings. The lowest BCUT2D eigenvalue weighted by Gasteiger charge is -2.10. The standard InChI is InChI=1S/C22H22N4/c1-3-14-10-19-21(12-17(14)23)26(16-8-6-5-7-9-16)22-13-18(24)15(4-2)11-20(22)25-19/h5-13H,3-4H2,1-2H3,(H3,23,24)/p+1. The molecular formula is C22H23N4+. The molecule has 4 N–H and O–H groups in total. The van der Waals surface area contributed by atoms with Crippen LogP contribution in [0, 0.1) is 0 Å². The molecule has 4 rings (SSSR count). The fraction of sp³-hybridized carbons (Fsp3) is 0.182. The third kappa shape index (κ3) is 2.54. The zero-order chi connectivity index (χ0) is 18.3. The van der Waals surface area contributed by atoms with Crippen LogP contribution in [0.4, 0.5) is 11.4 Å². The molecule has 1 heterocycles. The Hall–Kier alpha value is -3.14. The molecule has 130 valence electrons. The summed E-state index contributed by atoms with van der Waals surface area (Å²) in [5, 5.41) is 0. The Kier molecular flexibility index (Phi) is 3.96. The maximum atomic E-state index is 6.30. The molecule has 0 aliphatic heterocycles. The van der Waals surface area contributed by atoms with Gasteiger partial charge in [0.05, 0.1) is 0 Å². The van der Waals surface area contributed by atoms with Crippen molar-refractivity contribution in [3.8, 4) is 5.69 Å². The summed E-state index contributed by atoms with van der Waals surface area (Å²) in [7, 11) is 0. The zero-order valence-corrected chi connectivity index (χ0v) is 15.2. The number of anilines is 2. The predicted octanol–water partition coefficient (Wildman–Crippen LogP) is 3.95. The van der Waals surface area contributed by atoms with Gasteiger partial charge in [-0.3, -0.25) is 0 Å². The normalized spacial score (nSPS) is 11.3. The Morgan fingerprint density at radius 3 is 1.73 bits per heavy atom. The zero-order valence-electron chi connectivity index (χ0n) is 15.2. The van der Waals surface area contributed by atoms with Crippen molar-refractivity contribution in [2.75, 3.05) is 11.5 Å². The fourth-order valence-corrected chi connectivity index (χ4v) is 3.54. The first kappa shape index (κ1) is 16.3. The number of nitrogen functional groups attached to an aromatic ring is 2. The van der Waals surface area contributed by atoms with Crippen LogP contribution in [0.2, 0.25) is 0 Å². The summed E-state index contributed by atoms with van der Waals surface area (Å²) < 4.78 is 2.20. The van der Waals surface area contributed by atoms with Gasteiger partial charge >= 0.3 is 0 Å². The maximum Gasteiger partial charge on any atom is 0.239 e. The lowest BCUT2D eigenvalue weighted by atomic mass is 10.1. The number of aromatic nitrogens is 2. The Bertz CT molecular complexity index is 1050. The summed E-state index contributed by atoms with van der Waals surface area (Å²) in [5.74, 6) is 0. The molecule has 3 aromatic carbocycles. The van der Waals surface area contributed by atoms with E-state index in [0.29, 0.717) is 0 Å². The summed E-state index contributed by atoms with van der Waals surface area (Å²) in [6.45, 7) is 4.22. The van der Waals surface area contributed by atoms with Crippen LogP contribution in [0.1, 0.15) is 25.0 Å². The molecular weight excluding hydrogens is 320 g/mol. The van der Waals surface area contributed by atoms with Gasteiger partial charge in [0, 0.05) is 35.6 Å². The van der Waals surface area contributed by atoms with Crippen molar-refractivity contribution in [3.63, 3.8) is 0 Å². The minimum absolute atomic E-state index is 0.795. The Morgan fingerprint density at radius 1 is 0.769 bits per heavy atom. The molecule has 0 atom stereocenters. The van der Waals surface area contributed by atoms with E-state index in [0.717, 1.165) is 63.1 Å². The summed E-state index contributed by atoms with van der Waals surface area (Å²) in [6, 6.07) is 18.5. The van der Waals surface area contributed by atoms with Crippen molar-refractivity contribution in [2.45, 2.75) is 26.7 Å². The molecule has 4 aromatic rings. The van der Waals surface area contributed by atoms with Gasteiger partial charge in [-0.05, 0) is 36.1 Å². The number of nitrogens with two attached hydrogens (primary N) is 2. The number of rotatable bonds is 3. The van der Waals surface area contributed by atoms with Gasteiger partial charge in [0.1, 0.15) is 11.0 Å². The predicted molar refractivity (Wildman–Crippen MR) is 108 cm³/mol. The van der Waals surface area contributed by atoms with E-state index in [2.05, 4.69) is 42.7 Å². The second-order valence-electron chi connectivity index (χ2n) is 6.57. The molecule has 0 saturated carbocycles. The van der Waals surface area contributed by atoms with Gasteiger partial charge < -0.3 is 11.5 Å². The number of fused-ring (bicyclic) bond motifs is 2. The van der Waals surface area contributed by atoms with E-state index in [9.17, 15) is 0 Å². The van der Waals surface area contributed by atoms with Gasteiger partial charge in [-0.15, -0.1) is 4.57 Å². The first-order chi connectivity index (χ1) is 12.6. The number of para-hydroxylation sites is 1. The highest BCUT2D eigenvalue weighted by molar-refractivity contribution is 5.87. The van der Waals surface area contributed by atoms with Gasteiger partial charge in [0.15, 0.2) is 0 Å². The molecule has 1 aromatic heterocycles. The summed E-state index contributed by atoms with van der Waals surface area (Å²) >= 11 is 0. The van der Waals surface area contributed by atoms with Crippen LogP contribution in [0.15, 0.2) is 54.6 Å². The molecule has 0 aliphatic carbocycles. The number of aryl methyl sites for hydroxylation is 2. The summed E-state index contributed by atoms with van der Waals surface area (Å²) in [6.07, 6.45) is 1.77. The van der Waals surface area contributed by atoms with Crippen LogP contribution >= 0.6 is 0 Å². The third-order valence-corrected chi connectivity index (χ3v) is 4.97. The summed E-state index contributed by atoms with van der Waals surface area (Å²) in [5.41, 5.74) is 21.4. The van der Waals surface area contributed by atoms with Gasteiger partial charge in [0.25, 0.3) is 0 Å². The number of nitrogens with zero attached hydrogens (tertiary/aromatic N) is 2. The smallest absolute Gasteiger partial charge is 0.239 e. The average molecular weight is 343 g/mol. The van der Waals surface area contributed by atoms with Crippen LogP contribution in [0.3, 0.4) is 0 Å². The molecule has 4 nitrogen and oxygen atoms in total. The minimum atomic E-state index is 0.795. The van der Waals surface area contributed by atoms with E-state index >= 15 is 0 Å². The second-order valence-corrected chi connectivity index (χ2v) is 6.57. The Morgan fingerprint density at radius 2 is 1.27 bits per heavy atom. The molecule has 0 unspecified atom stereocenters. The highest BCUT2D eigenvalue weighted by Gasteiger charge is 2.21. The van der Waals surface area contributed by atoms with Gasteiger partial charge in [0.2, 0.25) is 16.7 Å². The number of benzene rings is 3. The average Bonchev–Trinajstić information content (AvgIpc) is 2.66. The maximum absolute atomic E-state index is 6.30. The van der Waals surface area contributed by atoms with Crippen LogP contribution in [0.5, 0.6) is 0 Å². The first-order valence-electron chi connectivity index (χ1n) is 9.04. The monoisotopic (exact) mass is 343 g/mol. The third-order valence-electron chi connectivity index (χ3n) is 4.97. The molecule has 0 bridgehead atoms. The van der Waals surface area contributed by atoms with E-state index in [1.54, 1.807) is 0 Å². The van der Waals surface area contributed by atoms with Crippen LogP contribution in [-0.4, -0.2) is 4.98 Å². The summed E-state index contributed by atoms with van der Waals surface area (Å²) in [4.78, 5) is 4.93. The van der Waals surface area contributed by atoms with E-state index in [1.807, 2.05) is 30.3 Å². The molecule has 0 radical (unpaired) electrons. The van der Waals surface area contributed by atoms with Gasteiger partial charge in [-0.25, -0.2) is 4.98 Å². The molecule has 0 spiro atoms. The van der Waals surface area contributed by atoms with Crippen LogP contribution in [0.25, 0.3) is 27.8 Å². The second kappa shape index (κ2) is 6.30. The van der Waals surface area contributed by atoms with Crippen LogP contribution < -0.4 is 16.0 Å². The molecule has 0 saturated heterocycles. The first-order valence-corrected chi connectivity index (χ1v) is 9.04. The molecule has 0 amide bonds. The van der Waals surface area contributed by atoms with Gasteiger partial charge in [-0.1, -0.05) is 32.0 Å². The Labute approximate surface area is 153 Å². The lowest BCUT2D eigenvalue weighted by molar-refractivity contribution is -0.538. The van der Waals surface area contributed by atoms with Crippen LogP contribution in [-0.2, 0) is 12.8 Å². The van der Waals surface area contributed by atoms with Crippen molar-refractivity contribution in [1.29, 1.82) is 0 Å². The largest absolute Gasteiger partial charge is 0.398 e. The number of hydrogen-bond donors (Lipinski definition) is 2. The van der Waals surface area contributed by atoms with Crippen molar-refractivity contribution < 1.29 is 4.57 Å². The van der Waals surface area contributed by atoms with Crippen molar-refractivity contribution in [1.82, 2.24) is 4.98 Å². The minimum Gasteiger partial charge on any atom is -0.398 e. The van der Waals surface area contributed by atoms with E-state index in [1.165, 1.54) is 0 Å². The van der Waals surface area contributed by atoms with E-state index in [4.69, 9.17) is 16.5 Å². The fourth-order valence-electron chi connectivity index (χ4n) is 3.54. The van der Waals surface area contributed by atoms with Crippen molar-refractivity contribution in [2.24, 2.45) is 0 Å². The Balaban J connectivity index is 2.20. The molecule has 26 heavy (non-hydrogen) atoms. The van der Waals surface area contributed by atoms with Crippen molar-refractivity contribution >= 4 is 33.4 Å².